The largest absolute Gasteiger partial charge is 0.490 e. The number of hydrogen-bond acceptors (Lipinski definition) is 2. The first-order valence-electron chi connectivity index (χ1n) is 5.59. The fraction of sp³-hybridized carbons (Fsp3) is 0.500. The Morgan fingerprint density at radius 3 is 1.75 bits per heavy atom. The van der Waals surface area contributed by atoms with E-state index in [-0.39, 0.29) is 5.75 Å². The molecule has 0 saturated carbocycles. The zero-order chi connectivity index (χ0) is 15.6. The molecule has 0 aromatic heterocycles. The van der Waals surface area contributed by atoms with Gasteiger partial charge in [0, 0.05) is 0 Å². The molecule has 114 valence electrons. The van der Waals surface area contributed by atoms with Crippen LogP contribution in [0.25, 0.3) is 0 Å². The second-order valence-corrected chi connectivity index (χ2v) is 4.14. The predicted molar refractivity (Wildman–Crippen MR) is 58.4 cm³/mol. The lowest BCUT2D eigenvalue weighted by molar-refractivity contribution is -0.373. The van der Waals surface area contributed by atoms with Gasteiger partial charge in [0.15, 0.2) is 0 Å². The van der Waals surface area contributed by atoms with Crippen LogP contribution >= 0.6 is 0 Å². The molecule has 0 heterocycles. The summed E-state index contributed by atoms with van der Waals surface area (Å²) >= 11 is 0. The second kappa shape index (κ2) is 5.51. The molecule has 0 aliphatic carbocycles. The van der Waals surface area contributed by atoms with Crippen LogP contribution in [0.2, 0.25) is 0 Å². The Labute approximate surface area is 111 Å². The summed E-state index contributed by atoms with van der Waals surface area (Å²) in [5, 5.41) is 8.87. The quantitative estimate of drug-likeness (QED) is 0.863. The van der Waals surface area contributed by atoms with E-state index in [2.05, 4.69) is 4.74 Å². The SMILES string of the molecule is CCc1ccc(OCC(O)(C(F)(F)F)C(F)(F)F)cc1. The zero-order valence-electron chi connectivity index (χ0n) is 10.3. The van der Waals surface area contributed by atoms with Gasteiger partial charge in [0.1, 0.15) is 12.4 Å². The van der Waals surface area contributed by atoms with E-state index in [0.717, 1.165) is 5.56 Å². The van der Waals surface area contributed by atoms with E-state index >= 15 is 0 Å². The Bertz CT molecular complexity index is 421. The molecular weight excluding hydrogens is 290 g/mol. The van der Waals surface area contributed by atoms with Crippen molar-refractivity contribution in [1.29, 1.82) is 0 Å². The number of rotatable bonds is 4. The number of aliphatic hydroxyl groups is 1. The maximum atomic E-state index is 12.4. The summed E-state index contributed by atoms with van der Waals surface area (Å²) in [5.41, 5.74) is -4.05. The summed E-state index contributed by atoms with van der Waals surface area (Å²) in [6, 6.07) is 5.50. The average molecular weight is 302 g/mol. The van der Waals surface area contributed by atoms with E-state index in [9.17, 15) is 26.3 Å². The van der Waals surface area contributed by atoms with Gasteiger partial charge in [-0.1, -0.05) is 19.1 Å². The Morgan fingerprint density at radius 1 is 0.950 bits per heavy atom. The van der Waals surface area contributed by atoms with Crippen LogP contribution in [-0.2, 0) is 6.42 Å². The van der Waals surface area contributed by atoms with Gasteiger partial charge in [-0.2, -0.15) is 26.3 Å². The van der Waals surface area contributed by atoms with Crippen LogP contribution in [0.5, 0.6) is 5.75 Å². The van der Waals surface area contributed by atoms with E-state index in [0.29, 0.717) is 6.42 Å². The molecule has 0 unspecified atom stereocenters. The third-order valence-electron chi connectivity index (χ3n) is 2.72. The van der Waals surface area contributed by atoms with Crippen LogP contribution in [-0.4, -0.2) is 29.7 Å². The minimum absolute atomic E-state index is 0.186. The van der Waals surface area contributed by atoms with Crippen LogP contribution in [0, 0.1) is 0 Å². The molecule has 0 amide bonds. The van der Waals surface area contributed by atoms with Crippen molar-refractivity contribution in [2.24, 2.45) is 0 Å². The number of halogens is 6. The van der Waals surface area contributed by atoms with Gasteiger partial charge < -0.3 is 9.84 Å². The van der Waals surface area contributed by atoms with Crippen molar-refractivity contribution < 1.29 is 36.2 Å². The highest BCUT2D eigenvalue weighted by atomic mass is 19.4. The summed E-state index contributed by atoms with van der Waals surface area (Å²) in [5.74, 6) is -0.186. The highest BCUT2D eigenvalue weighted by Crippen LogP contribution is 2.43. The normalized spacial score (nSPS) is 13.4. The summed E-state index contributed by atoms with van der Waals surface area (Å²) in [4.78, 5) is 0. The fourth-order valence-electron chi connectivity index (χ4n) is 1.33. The van der Waals surface area contributed by atoms with Gasteiger partial charge in [0.2, 0.25) is 0 Å². The van der Waals surface area contributed by atoms with Gasteiger partial charge in [-0.3, -0.25) is 0 Å². The van der Waals surface area contributed by atoms with Gasteiger partial charge in [-0.05, 0) is 24.1 Å². The molecular formula is C12H12F6O2. The Kier molecular flexibility index (Phi) is 4.58. The van der Waals surface area contributed by atoms with Crippen molar-refractivity contribution in [1.82, 2.24) is 0 Å². The molecule has 8 heteroatoms. The van der Waals surface area contributed by atoms with E-state index in [1.807, 2.05) is 6.92 Å². The molecule has 1 aromatic rings. The molecule has 0 atom stereocenters. The first-order chi connectivity index (χ1) is 9.01. The first-order valence-corrected chi connectivity index (χ1v) is 5.59. The highest BCUT2D eigenvalue weighted by molar-refractivity contribution is 5.27. The molecule has 0 aliphatic heterocycles. The Balaban J connectivity index is 2.87. The van der Waals surface area contributed by atoms with Gasteiger partial charge >= 0.3 is 12.4 Å². The average Bonchev–Trinajstić information content (AvgIpc) is 2.33. The standard InChI is InChI=1S/C12H12F6O2/c1-2-8-3-5-9(6-4-8)20-7-10(19,11(13,14)15)12(16,17)18/h3-6,19H,2,7H2,1H3. The minimum atomic E-state index is -5.88. The molecule has 0 spiro atoms. The number of aryl methyl sites for hydroxylation is 1. The first kappa shape index (κ1) is 16.6. The van der Waals surface area contributed by atoms with E-state index < -0.39 is 24.6 Å². The highest BCUT2D eigenvalue weighted by Gasteiger charge is 2.71. The molecule has 0 fully saturated rings. The third-order valence-corrected chi connectivity index (χ3v) is 2.72. The van der Waals surface area contributed by atoms with Crippen LogP contribution in [0.3, 0.4) is 0 Å². The smallest absolute Gasteiger partial charge is 0.429 e. The van der Waals surface area contributed by atoms with Crippen LogP contribution in [0.1, 0.15) is 12.5 Å². The monoisotopic (exact) mass is 302 g/mol. The van der Waals surface area contributed by atoms with E-state index in [1.165, 1.54) is 24.3 Å². The van der Waals surface area contributed by atoms with Gasteiger partial charge in [0.25, 0.3) is 5.60 Å². The van der Waals surface area contributed by atoms with Gasteiger partial charge in [-0.25, -0.2) is 0 Å². The van der Waals surface area contributed by atoms with Crippen LogP contribution in [0.4, 0.5) is 26.3 Å². The van der Waals surface area contributed by atoms with Gasteiger partial charge in [0.05, 0.1) is 0 Å². The molecule has 0 radical (unpaired) electrons. The maximum Gasteiger partial charge on any atom is 0.429 e. The summed E-state index contributed by atoms with van der Waals surface area (Å²) < 4.78 is 78.7. The lowest BCUT2D eigenvalue weighted by Gasteiger charge is -2.31. The molecule has 20 heavy (non-hydrogen) atoms. The van der Waals surface area contributed by atoms with Crippen molar-refractivity contribution in [2.45, 2.75) is 31.3 Å². The van der Waals surface area contributed by atoms with Crippen molar-refractivity contribution in [3.63, 3.8) is 0 Å². The Hall–Kier alpha value is -1.44. The topological polar surface area (TPSA) is 29.5 Å². The molecule has 0 bridgehead atoms. The molecule has 1 aromatic carbocycles. The predicted octanol–water partition coefficient (Wildman–Crippen LogP) is 3.48. The molecule has 0 saturated heterocycles. The summed E-state index contributed by atoms with van der Waals surface area (Å²) in [6.07, 6.45) is -11.1. The number of hydrogen-bond donors (Lipinski definition) is 1. The summed E-state index contributed by atoms with van der Waals surface area (Å²) in [7, 11) is 0. The lowest BCUT2D eigenvalue weighted by Crippen LogP contribution is -2.60. The summed E-state index contributed by atoms with van der Waals surface area (Å²) in [6.45, 7) is -0.118. The molecule has 1 rings (SSSR count). The van der Waals surface area contributed by atoms with E-state index in [4.69, 9.17) is 5.11 Å². The zero-order valence-corrected chi connectivity index (χ0v) is 10.3. The van der Waals surface area contributed by atoms with Crippen molar-refractivity contribution in [3.8, 4) is 5.75 Å². The Morgan fingerprint density at radius 2 is 1.40 bits per heavy atom. The van der Waals surface area contributed by atoms with Crippen molar-refractivity contribution in [2.75, 3.05) is 6.61 Å². The minimum Gasteiger partial charge on any atom is -0.490 e. The van der Waals surface area contributed by atoms with Crippen LogP contribution in [0.15, 0.2) is 24.3 Å². The lowest BCUT2D eigenvalue weighted by atomic mass is 10.0. The van der Waals surface area contributed by atoms with E-state index in [1.54, 1.807) is 0 Å². The molecule has 0 aliphatic rings. The van der Waals surface area contributed by atoms with Crippen LogP contribution < -0.4 is 4.74 Å². The maximum absolute atomic E-state index is 12.4. The number of benzene rings is 1. The van der Waals surface area contributed by atoms with Gasteiger partial charge in [-0.15, -0.1) is 0 Å². The van der Waals surface area contributed by atoms with Crippen molar-refractivity contribution >= 4 is 0 Å². The van der Waals surface area contributed by atoms with Crippen molar-refractivity contribution in [3.05, 3.63) is 29.8 Å². The fourth-order valence-corrected chi connectivity index (χ4v) is 1.33. The number of alkyl halides is 6. The molecule has 1 N–H and O–H groups in total. The second-order valence-electron chi connectivity index (χ2n) is 4.14. The number of ether oxygens (including phenoxy) is 1. The molecule has 2 nitrogen and oxygen atoms in total. The third kappa shape index (κ3) is 3.36.